The standard InChI is InChI=1S/C22H22ClFN4O2/c1-30-20-7-4-15(12-18(20)24)22(29)25-17-8-10-28(11-9-17)21-13-19(26-27-21)14-2-5-16(23)6-3-14/h2-7,12-13,17H,8-11H2,1H3,(H,25,29)(H,26,27). The van der Waals surface area contributed by atoms with Crippen molar-refractivity contribution in [2.24, 2.45) is 0 Å². The summed E-state index contributed by atoms with van der Waals surface area (Å²) in [5, 5.41) is 11.2. The molecule has 0 spiro atoms. The van der Waals surface area contributed by atoms with Crippen molar-refractivity contribution in [3.05, 3.63) is 64.9 Å². The minimum absolute atomic E-state index is 0.0357. The minimum Gasteiger partial charge on any atom is -0.494 e. The predicted molar refractivity (Wildman–Crippen MR) is 115 cm³/mol. The van der Waals surface area contributed by atoms with E-state index in [0.29, 0.717) is 5.02 Å². The SMILES string of the molecule is COc1ccc(C(=O)NC2CCN(c3cc(-c4ccc(Cl)cc4)[nH]n3)CC2)cc1F. The van der Waals surface area contributed by atoms with Crippen LogP contribution in [0, 0.1) is 5.82 Å². The number of amides is 1. The first-order valence-electron chi connectivity index (χ1n) is 9.74. The highest BCUT2D eigenvalue weighted by atomic mass is 35.5. The van der Waals surface area contributed by atoms with Gasteiger partial charge in [0.15, 0.2) is 17.4 Å². The van der Waals surface area contributed by atoms with E-state index in [0.717, 1.165) is 43.0 Å². The van der Waals surface area contributed by atoms with Crippen molar-refractivity contribution < 1.29 is 13.9 Å². The lowest BCUT2D eigenvalue weighted by Gasteiger charge is -2.32. The van der Waals surface area contributed by atoms with Crippen molar-refractivity contribution in [3.63, 3.8) is 0 Å². The molecule has 0 aliphatic carbocycles. The van der Waals surface area contributed by atoms with Gasteiger partial charge in [0.1, 0.15) is 0 Å². The maximum atomic E-state index is 13.8. The van der Waals surface area contributed by atoms with Gasteiger partial charge in [-0.15, -0.1) is 0 Å². The molecule has 4 rings (SSSR count). The van der Waals surface area contributed by atoms with Gasteiger partial charge in [0.2, 0.25) is 0 Å². The van der Waals surface area contributed by atoms with Gasteiger partial charge in [-0.05, 0) is 48.7 Å². The Bertz CT molecular complexity index is 1030. The van der Waals surface area contributed by atoms with Crippen LogP contribution in [0.1, 0.15) is 23.2 Å². The topological polar surface area (TPSA) is 70.2 Å². The molecule has 0 radical (unpaired) electrons. The summed E-state index contributed by atoms with van der Waals surface area (Å²) in [6.45, 7) is 1.54. The Morgan fingerprint density at radius 1 is 1.20 bits per heavy atom. The van der Waals surface area contributed by atoms with Crippen molar-refractivity contribution in [2.75, 3.05) is 25.1 Å². The third-order valence-electron chi connectivity index (χ3n) is 5.29. The number of halogens is 2. The maximum absolute atomic E-state index is 13.8. The fourth-order valence-corrected chi connectivity index (χ4v) is 3.71. The maximum Gasteiger partial charge on any atom is 0.251 e. The summed E-state index contributed by atoms with van der Waals surface area (Å²) >= 11 is 5.95. The van der Waals surface area contributed by atoms with E-state index < -0.39 is 5.82 Å². The molecular weight excluding hydrogens is 407 g/mol. The number of aromatic nitrogens is 2. The zero-order valence-electron chi connectivity index (χ0n) is 16.5. The molecule has 156 valence electrons. The number of benzene rings is 2. The van der Waals surface area contributed by atoms with E-state index in [1.54, 1.807) is 6.07 Å². The van der Waals surface area contributed by atoms with Crippen LogP contribution in [0.3, 0.4) is 0 Å². The largest absolute Gasteiger partial charge is 0.494 e. The molecule has 0 bridgehead atoms. The Labute approximate surface area is 179 Å². The number of H-pyrrole nitrogens is 1. The van der Waals surface area contributed by atoms with Gasteiger partial charge in [0.25, 0.3) is 5.91 Å². The number of ether oxygens (including phenoxy) is 1. The quantitative estimate of drug-likeness (QED) is 0.636. The number of piperidine rings is 1. The van der Waals surface area contributed by atoms with Gasteiger partial charge in [-0.3, -0.25) is 9.89 Å². The molecule has 0 saturated carbocycles. The average Bonchev–Trinajstić information content (AvgIpc) is 3.25. The summed E-state index contributed by atoms with van der Waals surface area (Å²) in [7, 11) is 1.39. The van der Waals surface area contributed by atoms with Gasteiger partial charge in [-0.1, -0.05) is 23.7 Å². The Balaban J connectivity index is 1.33. The number of hydrogen-bond acceptors (Lipinski definition) is 4. The van der Waals surface area contributed by atoms with Crippen LogP contribution < -0.4 is 15.0 Å². The van der Waals surface area contributed by atoms with Crippen molar-refractivity contribution in [1.29, 1.82) is 0 Å². The lowest BCUT2D eigenvalue weighted by atomic mass is 10.0. The van der Waals surface area contributed by atoms with E-state index in [9.17, 15) is 9.18 Å². The van der Waals surface area contributed by atoms with Crippen LogP contribution in [-0.4, -0.2) is 42.3 Å². The molecular formula is C22H22ClFN4O2. The first-order valence-corrected chi connectivity index (χ1v) is 10.1. The summed E-state index contributed by atoms with van der Waals surface area (Å²) in [4.78, 5) is 14.6. The third-order valence-corrected chi connectivity index (χ3v) is 5.54. The summed E-state index contributed by atoms with van der Waals surface area (Å²) in [6, 6.07) is 13.9. The molecule has 8 heteroatoms. The minimum atomic E-state index is -0.546. The molecule has 1 saturated heterocycles. The van der Waals surface area contributed by atoms with Gasteiger partial charge >= 0.3 is 0 Å². The van der Waals surface area contributed by atoms with Crippen LogP contribution in [0.4, 0.5) is 10.2 Å². The highest BCUT2D eigenvalue weighted by Gasteiger charge is 2.23. The second kappa shape index (κ2) is 8.75. The normalized spacial score (nSPS) is 14.6. The second-order valence-corrected chi connectivity index (χ2v) is 7.67. The van der Waals surface area contributed by atoms with E-state index in [-0.39, 0.29) is 23.3 Å². The number of methoxy groups -OCH3 is 1. The second-order valence-electron chi connectivity index (χ2n) is 7.23. The molecule has 1 aliphatic rings. The molecule has 6 nitrogen and oxygen atoms in total. The number of rotatable bonds is 5. The fraction of sp³-hybridized carbons (Fsp3) is 0.273. The molecule has 1 aliphatic heterocycles. The Morgan fingerprint density at radius 3 is 2.60 bits per heavy atom. The first kappa shape index (κ1) is 20.2. The summed E-state index contributed by atoms with van der Waals surface area (Å²) in [5.74, 6) is 0.175. The van der Waals surface area contributed by atoms with E-state index in [1.807, 2.05) is 30.3 Å². The summed E-state index contributed by atoms with van der Waals surface area (Å²) in [5.41, 5.74) is 2.24. The number of carbonyl (C=O) groups is 1. The zero-order valence-corrected chi connectivity index (χ0v) is 17.2. The van der Waals surface area contributed by atoms with Crippen molar-refractivity contribution in [2.45, 2.75) is 18.9 Å². The van der Waals surface area contributed by atoms with Crippen molar-refractivity contribution >= 4 is 23.3 Å². The molecule has 3 aromatic rings. The average molecular weight is 429 g/mol. The third kappa shape index (κ3) is 4.41. The van der Waals surface area contributed by atoms with Gasteiger partial charge in [0, 0.05) is 35.8 Å². The molecule has 30 heavy (non-hydrogen) atoms. The van der Waals surface area contributed by atoms with Gasteiger partial charge in [0.05, 0.1) is 12.8 Å². The highest BCUT2D eigenvalue weighted by molar-refractivity contribution is 6.30. The van der Waals surface area contributed by atoms with Crippen LogP contribution in [0.5, 0.6) is 5.75 Å². The first-order chi connectivity index (χ1) is 14.5. The Morgan fingerprint density at radius 2 is 1.93 bits per heavy atom. The highest BCUT2D eigenvalue weighted by Crippen LogP contribution is 2.25. The molecule has 1 amide bonds. The number of carbonyl (C=O) groups excluding carboxylic acids is 1. The molecule has 1 aromatic heterocycles. The van der Waals surface area contributed by atoms with Crippen LogP contribution in [0.2, 0.25) is 5.02 Å². The van der Waals surface area contributed by atoms with Crippen molar-refractivity contribution in [1.82, 2.24) is 15.5 Å². The Kier molecular flexibility index (Phi) is 5.90. The van der Waals surface area contributed by atoms with Gasteiger partial charge < -0.3 is 15.0 Å². The van der Waals surface area contributed by atoms with Crippen LogP contribution >= 0.6 is 11.6 Å². The van der Waals surface area contributed by atoms with Gasteiger partial charge in [-0.25, -0.2) is 4.39 Å². The van der Waals surface area contributed by atoms with Crippen LogP contribution in [0.15, 0.2) is 48.5 Å². The smallest absolute Gasteiger partial charge is 0.251 e. The molecule has 0 unspecified atom stereocenters. The van der Waals surface area contributed by atoms with E-state index in [2.05, 4.69) is 20.4 Å². The number of hydrogen-bond donors (Lipinski definition) is 2. The van der Waals surface area contributed by atoms with E-state index in [1.165, 1.54) is 19.2 Å². The van der Waals surface area contributed by atoms with Crippen LogP contribution in [-0.2, 0) is 0 Å². The van der Waals surface area contributed by atoms with Crippen molar-refractivity contribution in [3.8, 4) is 17.0 Å². The molecule has 2 N–H and O–H groups in total. The van der Waals surface area contributed by atoms with E-state index in [4.69, 9.17) is 16.3 Å². The molecule has 2 heterocycles. The molecule has 0 atom stereocenters. The lowest BCUT2D eigenvalue weighted by Crippen LogP contribution is -2.44. The lowest BCUT2D eigenvalue weighted by molar-refractivity contribution is 0.0930. The monoisotopic (exact) mass is 428 g/mol. The Hall–Kier alpha value is -3.06. The van der Waals surface area contributed by atoms with Gasteiger partial charge in [-0.2, -0.15) is 5.10 Å². The number of anilines is 1. The number of aromatic amines is 1. The predicted octanol–water partition coefficient (Wildman–Crippen LogP) is 4.28. The number of nitrogens with one attached hydrogen (secondary N) is 2. The summed E-state index contributed by atoms with van der Waals surface area (Å²) in [6.07, 6.45) is 1.57. The van der Waals surface area contributed by atoms with Crippen LogP contribution in [0.25, 0.3) is 11.3 Å². The molecule has 1 fully saturated rings. The van der Waals surface area contributed by atoms with E-state index >= 15 is 0 Å². The fourth-order valence-electron chi connectivity index (χ4n) is 3.58. The number of nitrogens with zero attached hydrogens (tertiary/aromatic N) is 2. The molecule has 2 aromatic carbocycles. The summed E-state index contributed by atoms with van der Waals surface area (Å²) < 4.78 is 18.7. The zero-order chi connectivity index (χ0) is 21.1.